The Morgan fingerprint density at radius 1 is 1.24 bits per heavy atom. The number of esters is 1. The molecule has 0 aromatic heterocycles. The highest BCUT2D eigenvalue weighted by molar-refractivity contribution is 5.92. The van der Waals surface area contributed by atoms with Gasteiger partial charge in [-0.25, -0.2) is 4.79 Å². The summed E-state index contributed by atoms with van der Waals surface area (Å²) in [6.07, 6.45) is 0. The first-order valence-electron chi connectivity index (χ1n) is 8.18. The molecule has 0 saturated carbocycles. The minimum Gasteiger partial charge on any atom is -0.463 e. The number of nitrogens with two attached hydrogens (primary N) is 1. The van der Waals surface area contributed by atoms with E-state index in [-0.39, 0.29) is 35.0 Å². The largest absolute Gasteiger partial charge is 0.463 e. The first-order chi connectivity index (χ1) is 13.7. The number of ether oxygens (including phenoxy) is 4. The molecule has 0 saturated heterocycles. The topological polar surface area (TPSA) is 104 Å². The van der Waals surface area contributed by atoms with Gasteiger partial charge in [-0.15, -0.1) is 0 Å². The molecule has 0 bridgehead atoms. The summed E-state index contributed by atoms with van der Waals surface area (Å²) in [6, 6.07) is 4.93. The van der Waals surface area contributed by atoms with Crippen molar-refractivity contribution in [2.45, 2.75) is 33.0 Å². The monoisotopic (exact) mass is 416 g/mol. The van der Waals surface area contributed by atoms with E-state index < -0.39 is 36.6 Å². The second kappa shape index (κ2) is 9.18. The minimum absolute atomic E-state index is 0.0182. The molecular formula is C18H16F4N2O5. The van der Waals surface area contributed by atoms with Crippen LogP contribution in [-0.2, 0) is 14.3 Å². The maximum Gasteiger partial charge on any atom is 0.387 e. The molecule has 1 unspecified atom stereocenters. The third-order valence-corrected chi connectivity index (χ3v) is 3.83. The Hall–Kier alpha value is -3.42. The Balaban J connectivity index is 2.64. The van der Waals surface area contributed by atoms with Gasteiger partial charge in [-0.3, -0.25) is 0 Å². The van der Waals surface area contributed by atoms with E-state index in [2.05, 4.69) is 9.47 Å². The van der Waals surface area contributed by atoms with Gasteiger partial charge in [0, 0.05) is 0 Å². The summed E-state index contributed by atoms with van der Waals surface area (Å²) in [4.78, 5) is 12.4. The number of benzene rings is 1. The molecule has 1 aliphatic rings. The molecule has 0 aliphatic carbocycles. The van der Waals surface area contributed by atoms with Crippen LogP contribution in [0.4, 0.5) is 17.6 Å². The lowest BCUT2D eigenvalue weighted by Gasteiger charge is -2.27. The molecule has 0 radical (unpaired) electrons. The van der Waals surface area contributed by atoms with Crippen molar-refractivity contribution in [3.63, 3.8) is 0 Å². The van der Waals surface area contributed by atoms with Crippen LogP contribution < -0.4 is 15.2 Å². The lowest BCUT2D eigenvalue weighted by molar-refractivity contribution is -0.139. The summed E-state index contributed by atoms with van der Waals surface area (Å²) >= 11 is 0. The molecule has 1 aromatic rings. The van der Waals surface area contributed by atoms with Crippen molar-refractivity contribution >= 4 is 5.97 Å². The smallest absolute Gasteiger partial charge is 0.387 e. The Morgan fingerprint density at radius 2 is 1.86 bits per heavy atom. The van der Waals surface area contributed by atoms with Crippen LogP contribution in [0.15, 0.2) is 41.0 Å². The number of rotatable bonds is 7. The van der Waals surface area contributed by atoms with Gasteiger partial charge in [0.05, 0.1) is 18.1 Å². The predicted octanol–water partition coefficient (Wildman–Crippen LogP) is 3.53. The Labute approximate surface area is 162 Å². The second-order valence-corrected chi connectivity index (χ2v) is 5.58. The molecule has 1 aromatic carbocycles. The quantitative estimate of drug-likeness (QED) is 0.536. The van der Waals surface area contributed by atoms with Gasteiger partial charge in [-0.05, 0) is 31.5 Å². The van der Waals surface area contributed by atoms with E-state index in [4.69, 9.17) is 15.2 Å². The fraction of sp³-hybridized carbons (Fsp3) is 0.333. The normalized spacial score (nSPS) is 16.6. The van der Waals surface area contributed by atoms with Crippen molar-refractivity contribution in [2.24, 2.45) is 5.73 Å². The number of carbonyl (C=O) groups excluding carboxylic acids is 1. The summed E-state index contributed by atoms with van der Waals surface area (Å²) < 4.78 is 69.2. The summed E-state index contributed by atoms with van der Waals surface area (Å²) in [5.41, 5.74) is 5.52. The van der Waals surface area contributed by atoms with Crippen LogP contribution >= 0.6 is 0 Å². The SMILES string of the molecule is CCOC(=O)C1=C(C)OC(N)=C(C#N)C1c1ccc(OC(F)F)c(OC(F)F)c1. The van der Waals surface area contributed by atoms with Gasteiger partial charge in [0.2, 0.25) is 5.88 Å². The molecule has 1 heterocycles. The molecule has 1 atom stereocenters. The van der Waals surface area contributed by atoms with Crippen LogP contribution in [0.2, 0.25) is 0 Å². The van der Waals surface area contributed by atoms with Gasteiger partial charge >= 0.3 is 19.2 Å². The molecule has 7 nitrogen and oxygen atoms in total. The van der Waals surface area contributed by atoms with Crippen LogP contribution in [0, 0.1) is 11.3 Å². The van der Waals surface area contributed by atoms with E-state index in [0.29, 0.717) is 0 Å². The first kappa shape index (κ1) is 21.9. The highest BCUT2D eigenvalue weighted by Gasteiger charge is 2.37. The fourth-order valence-corrected chi connectivity index (χ4v) is 2.77. The van der Waals surface area contributed by atoms with E-state index in [1.165, 1.54) is 13.0 Å². The van der Waals surface area contributed by atoms with Crippen molar-refractivity contribution in [1.29, 1.82) is 5.26 Å². The molecule has 156 valence electrons. The van der Waals surface area contributed by atoms with E-state index in [1.807, 2.05) is 0 Å². The van der Waals surface area contributed by atoms with E-state index >= 15 is 0 Å². The highest BCUT2D eigenvalue weighted by atomic mass is 19.3. The van der Waals surface area contributed by atoms with Crippen LogP contribution in [0.3, 0.4) is 0 Å². The maximum atomic E-state index is 12.7. The zero-order chi connectivity index (χ0) is 21.7. The number of alkyl halides is 4. The standard InChI is InChI=1S/C18H16F4N2O5/c1-3-26-16(25)13-8(2)27-15(24)10(7-23)14(13)9-4-5-11(28-17(19)20)12(6-9)29-18(21)22/h4-6,14,17-18H,3,24H2,1-2H3. The van der Waals surface area contributed by atoms with Crippen LogP contribution in [0.1, 0.15) is 25.3 Å². The summed E-state index contributed by atoms with van der Waals surface area (Å²) in [5.74, 6) is -3.60. The number of hydrogen-bond acceptors (Lipinski definition) is 7. The Kier molecular flexibility index (Phi) is 6.93. The van der Waals surface area contributed by atoms with Crippen molar-refractivity contribution in [3.8, 4) is 17.6 Å². The molecule has 0 amide bonds. The zero-order valence-corrected chi connectivity index (χ0v) is 15.2. The molecule has 2 rings (SSSR count). The molecule has 1 aliphatic heterocycles. The molecule has 11 heteroatoms. The number of hydrogen-bond donors (Lipinski definition) is 1. The van der Waals surface area contributed by atoms with E-state index in [0.717, 1.165) is 12.1 Å². The van der Waals surface area contributed by atoms with Crippen LogP contribution in [0.25, 0.3) is 0 Å². The number of allylic oxidation sites excluding steroid dienone is 2. The van der Waals surface area contributed by atoms with Gasteiger partial charge in [0.25, 0.3) is 0 Å². The molecule has 2 N–H and O–H groups in total. The third-order valence-electron chi connectivity index (χ3n) is 3.83. The van der Waals surface area contributed by atoms with Crippen molar-refractivity contribution < 1.29 is 41.3 Å². The average Bonchev–Trinajstić information content (AvgIpc) is 2.62. The summed E-state index contributed by atoms with van der Waals surface area (Å²) in [6.45, 7) is -3.63. The van der Waals surface area contributed by atoms with Crippen LogP contribution in [-0.4, -0.2) is 25.8 Å². The molecule has 0 spiro atoms. The van der Waals surface area contributed by atoms with E-state index in [9.17, 15) is 27.6 Å². The average molecular weight is 416 g/mol. The van der Waals surface area contributed by atoms with Crippen molar-refractivity contribution in [2.75, 3.05) is 6.61 Å². The number of carbonyl (C=O) groups is 1. The summed E-state index contributed by atoms with van der Waals surface area (Å²) in [7, 11) is 0. The van der Waals surface area contributed by atoms with Gasteiger partial charge in [0.15, 0.2) is 11.5 Å². The zero-order valence-electron chi connectivity index (χ0n) is 15.2. The van der Waals surface area contributed by atoms with Gasteiger partial charge < -0.3 is 24.7 Å². The minimum atomic E-state index is -3.34. The number of halogens is 4. The molecule has 0 fully saturated rings. The van der Waals surface area contributed by atoms with E-state index in [1.54, 1.807) is 13.0 Å². The number of nitrogens with zero attached hydrogens (tertiary/aromatic N) is 1. The van der Waals surface area contributed by atoms with Gasteiger partial charge in [-0.2, -0.15) is 22.8 Å². The number of nitriles is 1. The molecular weight excluding hydrogens is 400 g/mol. The van der Waals surface area contributed by atoms with Gasteiger partial charge in [-0.1, -0.05) is 6.07 Å². The Morgan fingerprint density at radius 3 is 2.41 bits per heavy atom. The van der Waals surface area contributed by atoms with Crippen molar-refractivity contribution in [3.05, 3.63) is 46.6 Å². The Bertz CT molecular complexity index is 893. The maximum absolute atomic E-state index is 12.7. The van der Waals surface area contributed by atoms with Gasteiger partial charge in [0.1, 0.15) is 17.4 Å². The lowest BCUT2D eigenvalue weighted by atomic mass is 9.83. The second-order valence-electron chi connectivity index (χ2n) is 5.58. The first-order valence-corrected chi connectivity index (χ1v) is 8.18. The highest BCUT2D eigenvalue weighted by Crippen LogP contribution is 2.42. The van der Waals surface area contributed by atoms with Crippen molar-refractivity contribution in [1.82, 2.24) is 0 Å². The van der Waals surface area contributed by atoms with Crippen LogP contribution in [0.5, 0.6) is 11.5 Å². The summed E-state index contributed by atoms with van der Waals surface area (Å²) in [5, 5.41) is 9.48. The molecule has 29 heavy (non-hydrogen) atoms. The third kappa shape index (κ3) is 4.90. The fourth-order valence-electron chi connectivity index (χ4n) is 2.77. The predicted molar refractivity (Wildman–Crippen MR) is 89.7 cm³/mol. The lowest BCUT2D eigenvalue weighted by Crippen LogP contribution is -2.25.